The highest BCUT2D eigenvalue weighted by molar-refractivity contribution is 5.93. The molecule has 10 nitrogen and oxygen atoms in total. The van der Waals surface area contributed by atoms with Crippen LogP contribution in [-0.4, -0.2) is 45.4 Å². The third-order valence-corrected chi connectivity index (χ3v) is 5.74. The lowest BCUT2D eigenvalue weighted by Crippen LogP contribution is -2.36. The van der Waals surface area contributed by atoms with Crippen molar-refractivity contribution in [1.29, 1.82) is 0 Å². The van der Waals surface area contributed by atoms with E-state index in [2.05, 4.69) is 0 Å². The fourth-order valence-electron chi connectivity index (χ4n) is 4.01. The molecule has 1 aromatic heterocycles. The summed E-state index contributed by atoms with van der Waals surface area (Å²) < 4.78 is 23.0. The molecule has 2 heterocycles. The number of phenolic OH excluding ortho intramolecular Hbond substituents is 3. The Morgan fingerprint density at radius 3 is 2.37 bits per heavy atom. The van der Waals surface area contributed by atoms with Gasteiger partial charge in [-0.15, -0.1) is 0 Å². The minimum absolute atomic E-state index is 0.0224. The first-order valence-corrected chi connectivity index (χ1v) is 10.5. The lowest BCUT2D eigenvalue weighted by Gasteiger charge is -2.33. The number of hydrogen-bond donors (Lipinski definition) is 5. The number of phenols is 3. The first-order chi connectivity index (χ1) is 16.8. The molecule has 0 fully saturated rings. The normalized spacial score (nSPS) is 16.9. The maximum absolute atomic E-state index is 12.9. The SMILES string of the molecule is COc1cc([C@H]2Oc3cc(O)c4c(=O)c(O)c(-c5ccc(O)cc5)oc4c3O[C@@H]2CO)ccc1O. The zero-order chi connectivity index (χ0) is 24.9. The molecule has 0 bridgehead atoms. The van der Waals surface area contributed by atoms with Gasteiger partial charge in [-0.05, 0) is 36.4 Å². The van der Waals surface area contributed by atoms with E-state index in [1.165, 1.54) is 43.5 Å². The van der Waals surface area contributed by atoms with Crippen molar-refractivity contribution >= 4 is 11.0 Å². The molecule has 0 radical (unpaired) electrons. The van der Waals surface area contributed by atoms with Gasteiger partial charge in [0, 0.05) is 17.2 Å². The number of benzene rings is 3. The molecule has 0 saturated carbocycles. The molecule has 0 spiro atoms. The average Bonchev–Trinajstić information content (AvgIpc) is 2.86. The van der Waals surface area contributed by atoms with Gasteiger partial charge in [0.2, 0.25) is 16.9 Å². The molecule has 1 aliphatic rings. The Labute approximate surface area is 197 Å². The van der Waals surface area contributed by atoms with Crippen LogP contribution in [0.1, 0.15) is 11.7 Å². The third-order valence-electron chi connectivity index (χ3n) is 5.74. The number of rotatable bonds is 4. The Morgan fingerprint density at radius 1 is 0.943 bits per heavy atom. The van der Waals surface area contributed by atoms with E-state index in [-0.39, 0.29) is 45.5 Å². The highest BCUT2D eigenvalue weighted by atomic mass is 16.6. The van der Waals surface area contributed by atoms with E-state index in [0.29, 0.717) is 11.1 Å². The van der Waals surface area contributed by atoms with Crippen LogP contribution in [-0.2, 0) is 0 Å². The number of hydrogen-bond acceptors (Lipinski definition) is 10. The summed E-state index contributed by atoms with van der Waals surface area (Å²) >= 11 is 0. The minimum atomic E-state index is -0.958. The molecule has 180 valence electrons. The second kappa shape index (κ2) is 8.33. The van der Waals surface area contributed by atoms with E-state index < -0.39 is 35.7 Å². The van der Waals surface area contributed by atoms with Crippen molar-refractivity contribution in [2.24, 2.45) is 0 Å². The van der Waals surface area contributed by atoms with Gasteiger partial charge >= 0.3 is 0 Å². The topological polar surface area (TPSA) is 159 Å². The molecule has 35 heavy (non-hydrogen) atoms. The first-order valence-electron chi connectivity index (χ1n) is 10.5. The molecule has 2 atom stereocenters. The Balaban J connectivity index is 1.69. The fourth-order valence-corrected chi connectivity index (χ4v) is 4.01. The Morgan fingerprint density at radius 2 is 1.69 bits per heavy atom. The number of aliphatic hydroxyl groups excluding tert-OH is 1. The van der Waals surface area contributed by atoms with Gasteiger partial charge in [-0.3, -0.25) is 4.79 Å². The summed E-state index contributed by atoms with van der Waals surface area (Å²) in [5.41, 5.74) is -0.281. The maximum Gasteiger partial charge on any atom is 0.238 e. The van der Waals surface area contributed by atoms with Gasteiger partial charge in [-0.25, -0.2) is 0 Å². The lowest BCUT2D eigenvalue weighted by atomic mass is 10.0. The van der Waals surface area contributed by atoms with E-state index in [9.17, 15) is 30.3 Å². The fraction of sp³-hybridized carbons (Fsp3) is 0.160. The lowest BCUT2D eigenvalue weighted by molar-refractivity contribution is -0.0119. The summed E-state index contributed by atoms with van der Waals surface area (Å²) in [6.07, 6.45) is -1.82. The average molecular weight is 480 g/mol. The van der Waals surface area contributed by atoms with Gasteiger partial charge in [0.1, 0.15) is 16.9 Å². The second-order valence-electron chi connectivity index (χ2n) is 7.89. The van der Waals surface area contributed by atoms with Crippen molar-refractivity contribution in [2.75, 3.05) is 13.7 Å². The molecule has 4 aromatic rings. The van der Waals surface area contributed by atoms with Crippen molar-refractivity contribution in [3.63, 3.8) is 0 Å². The van der Waals surface area contributed by atoms with E-state index in [4.69, 9.17) is 18.6 Å². The molecule has 0 saturated heterocycles. The Bertz CT molecular complexity index is 1490. The highest BCUT2D eigenvalue weighted by Crippen LogP contribution is 2.48. The standard InChI is InChI=1S/C25H20O10/c1-32-16-8-12(4-7-14(16)28)22-18(10-26)34-24-17(33-22)9-15(29)19-20(30)21(31)23(35-25(19)24)11-2-5-13(27)6-3-11/h2-9,18,22,26-29,31H,10H2,1H3/t18-,22-/m1/s1. The van der Waals surface area contributed by atoms with Crippen LogP contribution in [0.5, 0.6) is 40.2 Å². The molecular weight excluding hydrogens is 460 g/mol. The zero-order valence-corrected chi connectivity index (χ0v) is 18.3. The van der Waals surface area contributed by atoms with Crippen LogP contribution in [0.4, 0.5) is 0 Å². The Hall–Kier alpha value is -4.57. The van der Waals surface area contributed by atoms with Gasteiger partial charge in [0.05, 0.1) is 13.7 Å². The molecule has 3 aromatic carbocycles. The summed E-state index contributed by atoms with van der Waals surface area (Å²) in [5.74, 6) is -1.37. The number of aromatic hydroxyl groups is 4. The van der Waals surface area contributed by atoms with E-state index >= 15 is 0 Å². The maximum atomic E-state index is 12.9. The molecule has 0 amide bonds. The van der Waals surface area contributed by atoms with Crippen LogP contribution in [0.25, 0.3) is 22.3 Å². The largest absolute Gasteiger partial charge is 0.508 e. The molecule has 1 aliphatic heterocycles. The summed E-state index contributed by atoms with van der Waals surface area (Å²) in [7, 11) is 1.39. The predicted octanol–water partition coefficient (Wildman–Crippen LogP) is 3.16. The predicted molar refractivity (Wildman–Crippen MR) is 122 cm³/mol. The van der Waals surface area contributed by atoms with Crippen molar-refractivity contribution < 1.29 is 44.2 Å². The molecule has 0 unspecified atom stereocenters. The van der Waals surface area contributed by atoms with Gasteiger partial charge in [-0.2, -0.15) is 0 Å². The van der Waals surface area contributed by atoms with Gasteiger partial charge in [0.15, 0.2) is 40.8 Å². The van der Waals surface area contributed by atoms with Crippen molar-refractivity contribution in [1.82, 2.24) is 0 Å². The molecular formula is C25H20O10. The number of aliphatic hydroxyl groups is 1. The summed E-state index contributed by atoms with van der Waals surface area (Å²) in [4.78, 5) is 12.9. The summed E-state index contributed by atoms with van der Waals surface area (Å²) in [6, 6.07) is 11.3. The second-order valence-corrected chi connectivity index (χ2v) is 7.89. The zero-order valence-electron chi connectivity index (χ0n) is 18.3. The number of fused-ring (bicyclic) bond motifs is 3. The van der Waals surface area contributed by atoms with Crippen LogP contribution in [0.3, 0.4) is 0 Å². The smallest absolute Gasteiger partial charge is 0.238 e. The number of methoxy groups -OCH3 is 1. The van der Waals surface area contributed by atoms with Crippen LogP contribution in [0.2, 0.25) is 0 Å². The van der Waals surface area contributed by atoms with Crippen LogP contribution in [0, 0.1) is 0 Å². The van der Waals surface area contributed by atoms with E-state index in [0.717, 1.165) is 6.07 Å². The Kier molecular flexibility index (Phi) is 5.29. The monoisotopic (exact) mass is 480 g/mol. The van der Waals surface area contributed by atoms with Crippen molar-refractivity contribution in [3.05, 3.63) is 64.3 Å². The van der Waals surface area contributed by atoms with Gasteiger partial charge < -0.3 is 44.2 Å². The summed E-state index contributed by atoms with van der Waals surface area (Å²) in [5, 5.41) is 50.2. The molecule has 5 rings (SSSR count). The molecule has 5 N–H and O–H groups in total. The van der Waals surface area contributed by atoms with Gasteiger partial charge in [-0.1, -0.05) is 6.07 Å². The minimum Gasteiger partial charge on any atom is -0.508 e. The first kappa shape index (κ1) is 22.2. The van der Waals surface area contributed by atoms with E-state index in [1.54, 1.807) is 6.07 Å². The van der Waals surface area contributed by atoms with E-state index in [1.807, 2.05) is 0 Å². The quantitative estimate of drug-likeness (QED) is 0.294. The van der Waals surface area contributed by atoms with Crippen LogP contribution >= 0.6 is 0 Å². The van der Waals surface area contributed by atoms with Crippen LogP contribution < -0.4 is 19.6 Å². The van der Waals surface area contributed by atoms with Crippen molar-refractivity contribution in [2.45, 2.75) is 12.2 Å². The highest BCUT2D eigenvalue weighted by Gasteiger charge is 2.36. The third kappa shape index (κ3) is 3.60. The molecule has 10 heteroatoms. The van der Waals surface area contributed by atoms with Crippen molar-refractivity contribution in [3.8, 4) is 51.6 Å². The van der Waals surface area contributed by atoms with Gasteiger partial charge in [0.25, 0.3) is 0 Å². The van der Waals surface area contributed by atoms with Crippen LogP contribution in [0.15, 0.2) is 57.7 Å². The number of ether oxygens (including phenoxy) is 3. The summed E-state index contributed by atoms with van der Waals surface area (Å²) in [6.45, 7) is -0.483. The molecule has 0 aliphatic carbocycles.